The first-order chi connectivity index (χ1) is 14.8. The Morgan fingerprint density at radius 2 is 2.06 bits per heavy atom. The van der Waals surface area contributed by atoms with Gasteiger partial charge < -0.3 is 24.6 Å². The molecule has 2 heterocycles. The number of piperidine rings is 1. The van der Waals surface area contributed by atoms with E-state index in [4.69, 9.17) is 14.5 Å². The van der Waals surface area contributed by atoms with Crippen molar-refractivity contribution in [3.8, 4) is 5.75 Å². The minimum atomic E-state index is -0.466. The predicted octanol–water partition coefficient (Wildman–Crippen LogP) is 3.39. The molecule has 1 aromatic heterocycles. The fraction of sp³-hybridized carbons (Fsp3) is 0.696. The van der Waals surface area contributed by atoms with Crippen LogP contribution in [0.3, 0.4) is 0 Å². The average molecular weight is 434 g/mol. The number of nitrogens with one attached hydrogen (secondary N) is 1. The number of hydrogen-bond acceptors (Lipinski definition) is 5. The minimum absolute atomic E-state index is 0.221. The molecule has 8 heteroatoms. The van der Waals surface area contributed by atoms with Crippen molar-refractivity contribution in [2.24, 2.45) is 10.9 Å². The molecule has 0 aromatic carbocycles. The topological polar surface area (TPSA) is 79.3 Å². The molecule has 0 aliphatic carbocycles. The molecule has 2 rings (SSSR count). The van der Waals surface area contributed by atoms with E-state index in [9.17, 15) is 4.79 Å². The van der Waals surface area contributed by atoms with Crippen molar-refractivity contribution in [3.05, 3.63) is 24.5 Å². The highest BCUT2D eigenvalue weighted by Gasteiger charge is 2.27. The summed E-state index contributed by atoms with van der Waals surface area (Å²) in [5.74, 6) is 2.16. The second-order valence-electron chi connectivity index (χ2n) is 8.72. The van der Waals surface area contributed by atoms with E-state index in [1.54, 1.807) is 12.4 Å². The van der Waals surface area contributed by atoms with Crippen LogP contribution in [-0.4, -0.2) is 78.3 Å². The lowest BCUT2D eigenvalue weighted by atomic mass is 9.96. The van der Waals surface area contributed by atoms with Gasteiger partial charge in [-0.25, -0.2) is 9.79 Å². The van der Waals surface area contributed by atoms with E-state index >= 15 is 0 Å². The number of pyridine rings is 1. The quantitative estimate of drug-likeness (QED) is 0.385. The second-order valence-corrected chi connectivity index (χ2v) is 8.72. The molecule has 0 saturated carbocycles. The van der Waals surface area contributed by atoms with Crippen molar-refractivity contribution in [3.63, 3.8) is 0 Å². The molecular weight excluding hydrogens is 394 g/mol. The molecule has 0 bridgehead atoms. The van der Waals surface area contributed by atoms with E-state index < -0.39 is 5.60 Å². The van der Waals surface area contributed by atoms with E-state index in [1.807, 2.05) is 44.7 Å². The maximum absolute atomic E-state index is 12.4. The first-order valence-corrected chi connectivity index (χ1v) is 11.4. The number of rotatable bonds is 8. The number of likely N-dealkylation sites (tertiary alicyclic amines) is 1. The Hall–Kier alpha value is -2.51. The lowest BCUT2D eigenvalue weighted by molar-refractivity contribution is 0.0214. The van der Waals surface area contributed by atoms with Gasteiger partial charge in [-0.2, -0.15) is 0 Å². The van der Waals surface area contributed by atoms with Gasteiger partial charge in [0.05, 0.1) is 12.7 Å². The van der Waals surface area contributed by atoms with Gasteiger partial charge in [0.25, 0.3) is 0 Å². The van der Waals surface area contributed by atoms with E-state index in [0.29, 0.717) is 25.6 Å². The van der Waals surface area contributed by atoms with Gasteiger partial charge in [-0.3, -0.25) is 4.98 Å². The minimum Gasteiger partial charge on any atom is -0.490 e. The zero-order valence-corrected chi connectivity index (χ0v) is 19.8. The van der Waals surface area contributed by atoms with Crippen molar-refractivity contribution in [2.75, 3.05) is 45.9 Å². The van der Waals surface area contributed by atoms with E-state index in [-0.39, 0.29) is 6.09 Å². The lowest BCUT2D eigenvalue weighted by Gasteiger charge is -2.36. The fourth-order valence-corrected chi connectivity index (χ4v) is 3.47. The van der Waals surface area contributed by atoms with Crippen LogP contribution >= 0.6 is 0 Å². The third kappa shape index (κ3) is 9.02. The molecule has 0 radical (unpaired) electrons. The summed E-state index contributed by atoms with van der Waals surface area (Å²) in [6, 6.07) is 3.75. The Labute approximate surface area is 187 Å². The number of carbonyl (C=O) groups is 1. The fourth-order valence-electron chi connectivity index (χ4n) is 3.47. The van der Waals surface area contributed by atoms with E-state index in [2.05, 4.69) is 22.1 Å². The summed E-state index contributed by atoms with van der Waals surface area (Å²) in [6.07, 6.45) is 5.26. The second kappa shape index (κ2) is 12.4. The summed E-state index contributed by atoms with van der Waals surface area (Å²) < 4.78 is 11.2. The molecule has 0 spiro atoms. The highest BCUT2D eigenvalue weighted by atomic mass is 16.6. The first-order valence-electron chi connectivity index (χ1n) is 11.4. The zero-order valence-electron chi connectivity index (χ0n) is 19.8. The summed E-state index contributed by atoms with van der Waals surface area (Å²) in [6.45, 7) is 15.0. The Morgan fingerprint density at radius 3 is 2.65 bits per heavy atom. The maximum Gasteiger partial charge on any atom is 0.410 e. The van der Waals surface area contributed by atoms with Crippen LogP contribution < -0.4 is 10.1 Å². The SMILES string of the molecule is CCNC(=NCCOc1cccnc1)N1CCC(CN(CC)C(=O)OC(C)(C)C)CC1. The zero-order chi connectivity index (χ0) is 22.7. The molecule has 1 aliphatic rings. The van der Waals surface area contributed by atoms with Gasteiger partial charge in [-0.15, -0.1) is 0 Å². The number of nitrogens with zero attached hydrogens (tertiary/aromatic N) is 4. The molecule has 0 atom stereocenters. The Balaban J connectivity index is 1.81. The van der Waals surface area contributed by atoms with Crippen LogP contribution in [0.1, 0.15) is 47.5 Å². The Bertz CT molecular complexity index is 682. The molecule has 1 saturated heterocycles. The summed E-state index contributed by atoms with van der Waals surface area (Å²) in [5.41, 5.74) is -0.466. The highest BCUT2D eigenvalue weighted by Crippen LogP contribution is 2.20. The molecule has 1 amide bonds. The van der Waals surface area contributed by atoms with Crippen LogP contribution in [0.4, 0.5) is 4.79 Å². The Morgan fingerprint density at radius 1 is 1.32 bits per heavy atom. The summed E-state index contributed by atoms with van der Waals surface area (Å²) in [4.78, 5) is 25.3. The van der Waals surface area contributed by atoms with Gasteiger partial charge in [0.2, 0.25) is 0 Å². The van der Waals surface area contributed by atoms with Crippen LogP contribution in [-0.2, 0) is 4.74 Å². The standard InChI is InChI=1S/C23H39N5O3/c1-6-25-21(26-13-16-30-20-9-8-12-24-17-20)28-14-10-19(11-15-28)18-27(7-2)22(29)31-23(3,4)5/h8-9,12,17,19H,6-7,10-11,13-16,18H2,1-5H3,(H,25,26). The van der Waals surface area contributed by atoms with Crippen LogP contribution in [0.2, 0.25) is 0 Å². The number of aromatic nitrogens is 1. The third-order valence-electron chi connectivity index (χ3n) is 5.02. The van der Waals surface area contributed by atoms with Crippen molar-refractivity contribution >= 4 is 12.1 Å². The summed E-state index contributed by atoms with van der Waals surface area (Å²) >= 11 is 0. The molecule has 0 unspecified atom stereocenters. The molecule has 1 fully saturated rings. The monoisotopic (exact) mass is 433 g/mol. The van der Waals surface area contributed by atoms with Crippen LogP contribution in [0.5, 0.6) is 5.75 Å². The van der Waals surface area contributed by atoms with Crippen LogP contribution in [0.25, 0.3) is 0 Å². The van der Waals surface area contributed by atoms with Crippen molar-refractivity contribution in [1.29, 1.82) is 0 Å². The number of hydrogen-bond donors (Lipinski definition) is 1. The van der Waals surface area contributed by atoms with Gasteiger partial charge in [0.15, 0.2) is 5.96 Å². The first kappa shape index (κ1) is 24.8. The molecule has 1 aromatic rings. The van der Waals surface area contributed by atoms with Crippen molar-refractivity contribution in [1.82, 2.24) is 20.1 Å². The van der Waals surface area contributed by atoms with Crippen molar-refractivity contribution in [2.45, 2.75) is 53.1 Å². The molecule has 1 N–H and O–H groups in total. The number of amides is 1. The van der Waals surface area contributed by atoms with Gasteiger partial charge in [0, 0.05) is 38.9 Å². The number of guanidine groups is 1. The van der Waals surface area contributed by atoms with Crippen LogP contribution in [0.15, 0.2) is 29.5 Å². The normalized spacial score (nSPS) is 15.5. The average Bonchev–Trinajstić information content (AvgIpc) is 2.74. The predicted molar refractivity (Wildman–Crippen MR) is 123 cm³/mol. The maximum atomic E-state index is 12.4. The smallest absolute Gasteiger partial charge is 0.410 e. The number of carbonyl (C=O) groups excluding carboxylic acids is 1. The highest BCUT2D eigenvalue weighted by molar-refractivity contribution is 5.80. The van der Waals surface area contributed by atoms with Crippen LogP contribution in [0, 0.1) is 5.92 Å². The van der Waals surface area contributed by atoms with Gasteiger partial charge in [-0.05, 0) is 65.5 Å². The van der Waals surface area contributed by atoms with Gasteiger partial charge in [-0.1, -0.05) is 0 Å². The largest absolute Gasteiger partial charge is 0.490 e. The number of ether oxygens (including phenoxy) is 2. The van der Waals surface area contributed by atoms with E-state index in [0.717, 1.165) is 50.7 Å². The van der Waals surface area contributed by atoms with E-state index in [1.165, 1.54) is 0 Å². The number of aliphatic imine (C=N–C) groups is 1. The third-order valence-corrected chi connectivity index (χ3v) is 5.02. The van der Waals surface area contributed by atoms with Gasteiger partial charge in [0.1, 0.15) is 18.0 Å². The Kier molecular flexibility index (Phi) is 9.88. The molecular formula is C23H39N5O3. The molecule has 31 heavy (non-hydrogen) atoms. The molecule has 1 aliphatic heterocycles. The summed E-state index contributed by atoms with van der Waals surface area (Å²) in [7, 11) is 0. The lowest BCUT2D eigenvalue weighted by Crippen LogP contribution is -2.48. The molecule has 174 valence electrons. The molecule has 8 nitrogen and oxygen atoms in total. The van der Waals surface area contributed by atoms with Gasteiger partial charge >= 0.3 is 6.09 Å². The summed E-state index contributed by atoms with van der Waals surface area (Å²) in [5, 5.41) is 3.39. The van der Waals surface area contributed by atoms with Crippen molar-refractivity contribution < 1.29 is 14.3 Å².